The molecule has 0 aliphatic carbocycles. The van der Waals surface area contributed by atoms with Crippen LogP contribution in [0, 0.1) is 6.92 Å². The van der Waals surface area contributed by atoms with Crippen LogP contribution < -0.4 is 10.0 Å². The van der Waals surface area contributed by atoms with E-state index in [4.69, 9.17) is 16.1 Å². The van der Waals surface area contributed by atoms with Crippen LogP contribution in [0.4, 0.5) is 11.5 Å². The Morgan fingerprint density at radius 3 is 2.42 bits per heavy atom. The van der Waals surface area contributed by atoms with E-state index >= 15 is 0 Å². The lowest BCUT2D eigenvalue weighted by molar-refractivity contribution is 0.102. The van der Waals surface area contributed by atoms with Gasteiger partial charge in [-0.05, 0) is 43.3 Å². The standard InChI is InChI=1S/C17H14ClN3O4S/c1-11-10-16(20-25-11)21-26(23,24)13-8-6-12(7-9-13)19-17(22)14-4-2-3-5-15(14)18/h2-10H,1H3,(H,19,22)(H,20,21). The van der Waals surface area contributed by atoms with Gasteiger partial charge in [0, 0.05) is 11.8 Å². The summed E-state index contributed by atoms with van der Waals surface area (Å²) >= 11 is 5.99. The monoisotopic (exact) mass is 391 g/mol. The van der Waals surface area contributed by atoms with Crippen LogP contribution in [0.2, 0.25) is 5.02 Å². The van der Waals surface area contributed by atoms with Gasteiger partial charge < -0.3 is 9.84 Å². The van der Waals surface area contributed by atoms with E-state index in [2.05, 4.69) is 15.2 Å². The molecule has 0 saturated carbocycles. The molecule has 0 bridgehead atoms. The fraction of sp³-hybridized carbons (Fsp3) is 0.0588. The summed E-state index contributed by atoms with van der Waals surface area (Å²) < 4.78 is 31.8. The lowest BCUT2D eigenvalue weighted by Gasteiger charge is -2.08. The molecule has 0 saturated heterocycles. The largest absolute Gasteiger partial charge is 0.360 e. The summed E-state index contributed by atoms with van der Waals surface area (Å²) in [5.41, 5.74) is 0.764. The number of amides is 1. The Morgan fingerprint density at radius 2 is 1.81 bits per heavy atom. The Balaban J connectivity index is 1.74. The van der Waals surface area contributed by atoms with Crippen LogP contribution >= 0.6 is 11.6 Å². The maximum absolute atomic E-state index is 12.3. The maximum atomic E-state index is 12.3. The molecule has 2 aromatic carbocycles. The topological polar surface area (TPSA) is 101 Å². The first-order valence-corrected chi connectivity index (χ1v) is 9.33. The van der Waals surface area contributed by atoms with Gasteiger partial charge in [-0.2, -0.15) is 0 Å². The number of anilines is 2. The van der Waals surface area contributed by atoms with E-state index in [-0.39, 0.29) is 16.6 Å². The van der Waals surface area contributed by atoms with Crippen LogP contribution in [0.3, 0.4) is 0 Å². The molecular formula is C17H14ClN3O4S. The van der Waals surface area contributed by atoms with Gasteiger partial charge in [0.25, 0.3) is 15.9 Å². The number of nitrogens with one attached hydrogen (secondary N) is 2. The van der Waals surface area contributed by atoms with Gasteiger partial charge in [0.15, 0.2) is 5.82 Å². The molecule has 0 aliphatic rings. The highest BCUT2D eigenvalue weighted by atomic mass is 35.5. The Morgan fingerprint density at radius 1 is 1.12 bits per heavy atom. The first-order valence-electron chi connectivity index (χ1n) is 7.47. The molecule has 26 heavy (non-hydrogen) atoms. The van der Waals surface area contributed by atoms with Crippen LogP contribution in [0.1, 0.15) is 16.1 Å². The summed E-state index contributed by atoms with van der Waals surface area (Å²) in [7, 11) is -3.81. The Kier molecular flexibility index (Phi) is 4.97. The molecule has 3 aromatic rings. The van der Waals surface area contributed by atoms with Gasteiger partial charge in [0.1, 0.15) is 5.76 Å². The predicted octanol–water partition coefficient (Wildman–Crippen LogP) is 3.69. The molecule has 0 radical (unpaired) electrons. The minimum Gasteiger partial charge on any atom is -0.360 e. The van der Waals surface area contributed by atoms with Crippen molar-refractivity contribution in [1.82, 2.24) is 5.16 Å². The molecule has 1 heterocycles. The van der Waals surface area contributed by atoms with Crippen molar-refractivity contribution in [3.63, 3.8) is 0 Å². The zero-order valence-electron chi connectivity index (χ0n) is 13.6. The average Bonchev–Trinajstić information content (AvgIpc) is 3.00. The van der Waals surface area contributed by atoms with E-state index in [9.17, 15) is 13.2 Å². The minimum atomic E-state index is -3.81. The van der Waals surface area contributed by atoms with E-state index < -0.39 is 10.0 Å². The SMILES string of the molecule is Cc1cc(NS(=O)(=O)c2ccc(NC(=O)c3ccccc3Cl)cc2)no1. The second-order valence-corrected chi connectivity index (χ2v) is 7.48. The number of nitrogens with zero attached hydrogens (tertiary/aromatic N) is 1. The number of rotatable bonds is 5. The van der Waals surface area contributed by atoms with E-state index in [1.807, 2.05) is 0 Å². The highest BCUT2D eigenvalue weighted by Gasteiger charge is 2.17. The molecule has 9 heteroatoms. The van der Waals surface area contributed by atoms with Crippen LogP contribution in [-0.4, -0.2) is 19.5 Å². The number of hydrogen-bond acceptors (Lipinski definition) is 5. The van der Waals surface area contributed by atoms with Crippen molar-refractivity contribution >= 4 is 39.0 Å². The average molecular weight is 392 g/mol. The minimum absolute atomic E-state index is 0.0221. The third kappa shape index (κ3) is 4.04. The van der Waals surface area contributed by atoms with Crippen molar-refractivity contribution < 1.29 is 17.7 Å². The molecule has 7 nitrogen and oxygen atoms in total. The molecule has 0 aliphatic heterocycles. The third-order valence-electron chi connectivity index (χ3n) is 3.41. The second kappa shape index (κ2) is 7.19. The van der Waals surface area contributed by atoms with Crippen LogP contribution in [-0.2, 0) is 10.0 Å². The van der Waals surface area contributed by atoms with Gasteiger partial charge in [-0.3, -0.25) is 9.52 Å². The fourth-order valence-corrected chi connectivity index (χ4v) is 3.38. The summed E-state index contributed by atoms with van der Waals surface area (Å²) in [6.07, 6.45) is 0. The molecular weight excluding hydrogens is 378 g/mol. The zero-order valence-corrected chi connectivity index (χ0v) is 15.1. The van der Waals surface area contributed by atoms with Gasteiger partial charge in [-0.25, -0.2) is 8.42 Å². The summed E-state index contributed by atoms with van der Waals surface area (Å²) in [5, 5.41) is 6.59. The van der Waals surface area contributed by atoms with E-state index in [1.165, 1.54) is 30.3 Å². The third-order valence-corrected chi connectivity index (χ3v) is 5.11. The number of halogens is 1. The van der Waals surface area contributed by atoms with Crippen molar-refractivity contribution in [2.75, 3.05) is 10.0 Å². The number of aromatic nitrogens is 1. The van der Waals surface area contributed by atoms with Crippen molar-refractivity contribution in [3.8, 4) is 0 Å². The highest BCUT2D eigenvalue weighted by molar-refractivity contribution is 7.92. The Labute approximate surface area is 155 Å². The fourth-order valence-electron chi connectivity index (χ4n) is 2.17. The molecule has 0 spiro atoms. The number of sulfonamides is 1. The number of hydrogen-bond donors (Lipinski definition) is 2. The predicted molar refractivity (Wildman–Crippen MR) is 97.9 cm³/mol. The first-order chi connectivity index (χ1) is 12.3. The highest BCUT2D eigenvalue weighted by Crippen LogP contribution is 2.20. The lowest BCUT2D eigenvalue weighted by atomic mass is 10.2. The summed E-state index contributed by atoms with van der Waals surface area (Å²) in [6.45, 7) is 1.65. The van der Waals surface area contributed by atoms with Gasteiger partial charge in [-0.15, -0.1) is 0 Å². The smallest absolute Gasteiger partial charge is 0.263 e. The second-order valence-electron chi connectivity index (χ2n) is 5.39. The first kappa shape index (κ1) is 18.0. The molecule has 3 rings (SSSR count). The van der Waals surface area contributed by atoms with Gasteiger partial charge in [-0.1, -0.05) is 28.9 Å². The molecule has 0 atom stereocenters. The van der Waals surface area contributed by atoms with Crippen LogP contribution in [0.5, 0.6) is 0 Å². The normalized spacial score (nSPS) is 11.2. The summed E-state index contributed by atoms with van der Waals surface area (Å²) in [5.74, 6) is 0.196. The summed E-state index contributed by atoms with van der Waals surface area (Å²) in [4.78, 5) is 12.2. The molecule has 0 unspecified atom stereocenters. The van der Waals surface area contributed by atoms with Crippen molar-refractivity contribution in [1.29, 1.82) is 0 Å². The van der Waals surface area contributed by atoms with E-state index in [1.54, 1.807) is 31.2 Å². The quantitative estimate of drug-likeness (QED) is 0.690. The van der Waals surface area contributed by atoms with Crippen molar-refractivity contribution in [3.05, 3.63) is 70.9 Å². The van der Waals surface area contributed by atoms with Crippen LogP contribution in [0.25, 0.3) is 0 Å². The van der Waals surface area contributed by atoms with Crippen molar-refractivity contribution in [2.24, 2.45) is 0 Å². The van der Waals surface area contributed by atoms with E-state index in [0.717, 1.165) is 0 Å². The van der Waals surface area contributed by atoms with Crippen LogP contribution in [0.15, 0.2) is 64.0 Å². The molecule has 1 amide bonds. The molecule has 0 fully saturated rings. The zero-order chi connectivity index (χ0) is 18.7. The Hall–Kier alpha value is -2.84. The summed E-state index contributed by atoms with van der Waals surface area (Å²) in [6, 6.07) is 13.8. The van der Waals surface area contributed by atoms with Crippen molar-refractivity contribution in [2.45, 2.75) is 11.8 Å². The molecule has 1 aromatic heterocycles. The number of carbonyl (C=O) groups is 1. The van der Waals surface area contributed by atoms with Gasteiger partial charge in [0.2, 0.25) is 0 Å². The van der Waals surface area contributed by atoms with Gasteiger partial charge >= 0.3 is 0 Å². The molecule has 2 N–H and O–H groups in total. The van der Waals surface area contributed by atoms with E-state index in [0.29, 0.717) is 22.0 Å². The molecule has 134 valence electrons. The maximum Gasteiger partial charge on any atom is 0.263 e. The van der Waals surface area contributed by atoms with Gasteiger partial charge in [0.05, 0.1) is 15.5 Å². The lowest BCUT2D eigenvalue weighted by Crippen LogP contribution is -2.14. The number of aryl methyl sites for hydroxylation is 1. The number of benzene rings is 2. The Bertz CT molecular complexity index is 1050. The number of carbonyl (C=O) groups excluding carboxylic acids is 1.